The van der Waals surface area contributed by atoms with E-state index in [0.29, 0.717) is 6.07 Å². The lowest BCUT2D eigenvalue weighted by molar-refractivity contribution is 0.496. The highest BCUT2D eigenvalue weighted by molar-refractivity contribution is 7.90. The first kappa shape index (κ1) is 13.8. The minimum Gasteiger partial charge on any atom is -0.379 e. The van der Waals surface area contributed by atoms with E-state index in [1.807, 2.05) is 0 Å². The van der Waals surface area contributed by atoms with Crippen molar-refractivity contribution in [1.29, 1.82) is 0 Å². The number of nitrogens with one attached hydrogen (secondary N) is 1. The average Bonchev–Trinajstić information content (AvgIpc) is 2.10. The predicted molar refractivity (Wildman–Crippen MR) is 59.1 cm³/mol. The molecule has 0 saturated carbocycles. The zero-order valence-electron chi connectivity index (χ0n) is 9.30. The number of rotatable bonds is 4. The normalized spacial score (nSPS) is 13.5. The minimum absolute atomic E-state index is 0.259. The Balaban J connectivity index is 2.89. The Morgan fingerprint density at radius 2 is 1.88 bits per heavy atom. The SMILES string of the molecule is CC(CS(C)(=O)=O)Nc1cc(F)cc(F)c1F. The lowest BCUT2D eigenvalue weighted by Gasteiger charge is -2.15. The van der Waals surface area contributed by atoms with Gasteiger partial charge in [0.15, 0.2) is 11.6 Å². The Hall–Kier alpha value is -1.24. The summed E-state index contributed by atoms with van der Waals surface area (Å²) in [5, 5.41) is 2.41. The second-order valence-corrected chi connectivity index (χ2v) is 6.07. The molecule has 17 heavy (non-hydrogen) atoms. The minimum atomic E-state index is -3.25. The molecule has 1 aromatic carbocycles. The van der Waals surface area contributed by atoms with Crippen LogP contribution in [0.15, 0.2) is 12.1 Å². The third-order valence-electron chi connectivity index (χ3n) is 1.95. The van der Waals surface area contributed by atoms with E-state index < -0.39 is 39.0 Å². The molecule has 0 radical (unpaired) electrons. The van der Waals surface area contributed by atoms with Crippen LogP contribution in [-0.2, 0) is 9.84 Å². The Kier molecular flexibility index (Phi) is 4.03. The molecule has 3 nitrogen and oxygen atoms in total. The Morgan fingerprint density at radius 3 is 2.41 bits per heavy atom. The number of benzene rings is 1. The first-order valence-electron chi connectivity index (χ1n) is 4.78. The van der Waals surface area contributed by atoms with Crippen molar-refractivity contribution >= 4 is 15.5 Å². The monoisotopic (exact) mass is 267 g/mol. The van der Waals surface area contributed by atoms with E-state index in [1.54, 1.807) is 0 Å². The van der Waals surface area contributed by atoms with Gasteiger partial charge in [-0.3, -0.25) is 0 Å². The standard InChI is InChI=1S/C10H12F3NO2S/c1-6(5-17(2,15)16)14-9-4-7(11)3-8(12)10(9)13/h3-4,6,14H,5H2,1-2H3. The van der Waals surface area contributed by atoms with Crippen molar-refractivity contribution in [3.63, 3.8) is 0 Å². The van der Waals surface area contributed by atoms with Crippen LogP contribution in [0.5, 0.6) is 0 Å². The number of sulfone groups is 1. The molecule has 1 aromatic rings. The molecule has 0 spiro atoms. The van der Waals surface area contributed by atoms with Gasteiger partial charge in [0.25, 0.3) is 0 Å². The predicted octanol–water partition coefficient (Wildman–Crippen LogP) is 1.95. The van der Waals surface area contributed by atoms with Crippen molar-refractivity contribution in [3.8, 4) is 0 Å². The van der Waals surface area contributed by atoms with E-state index in [1.165, 1.54) is 6.92 Å². The van der Waals surface area contributed by atoms with E-state index in [4.69, 9.17) is 0 Å². The average molecular weight is 267 g/mol. The topological polar surface area (TPSA) is 46.2 Å². The number of hydrogen-bond acceptors (Lipinski definition) is 3. The van der Waals surface area contributed by atoms with Gasteiger partial charge in [-0.2, -0.15) is 0 Å². The van der Waals surface area contributed by atoms with Crippen LogP contribution >= 0.6 is 0 Å². The molecule has 1 N–H and O–H groups in total. The maximum Gasteiger partial charge on any atom is 0.182 e. The third kappa shape index (κ3) is 4.26. The van der Waals surface area contributed by atoms with Crippen LogP contribution in [0.3, 0.4) is 0 Å². The number of anilines is 1. The molecule has 0 amide bonds. The highest BCUT2D eigenvalue weighted by Crippen LogP contribution is 2.20. The maximum absolute atomic E-state index is 13.2. The molecule has 0 aliphatic rings. The molecular weight excluding hydrogens is 255 g/mol. The fourth-order valence-corrected chi connectivity index (χ4v) is 2.41. The summed E-state index contributed by atoms with van der Waals surface area (Å²) >= 11 is 0. The van der Waals surface area contributed by atoms with Crippen molar-refractivity contribution in [2.45, 2.75) is 13.0 Å². The van der Waals surface area contributed by atoms with Gasteiger partial charge in [0, 0.05) is 24.4 Å². The van der Waals surface area contributed by atoms with Crippen LogP contribution in [0.25, 0.3) is 0 Å². The summed E-state index contributed by atoms with van der Waals surface area (Å²) in [6.45, 7) is 1.48. The van der Waals surface area contributed by atoms with Gasteiger partial charge < -0.3 is 5.32 Å². The van der Waals surface area contributed by atoms with E-state index >= 15 is 0 Å². The summed E-state index contributed by atoms with van der Waals surface area (Å²) in [6, 6.07) is 0.541. The number of hydrogen-bond donors (Lipinski definition) is 1. The molecule has 7 heteroatoms. The van der Waals surface area contributed by atoms with Gasteiger partial charge in [-0.15, -0.1) is 0 Å². The van der Waals surface area contributed by atoms with Crippen molar-refractivity contribution in [3.05, 3.63) is 29.6 Å². The van der Waals surface area contributed by atoms with Crippen molar-refractivity contribution in [1.82, 2.24) is 0 Å². The fraction of sp³-hybridized carbons (Fsp3) is 0.400. The van der Waals surface area contributed by atoms with Crippen LogP contribution in [0.2, 0.25) is 0 Å². The van der Waals surface area contributed by atoms with Gasteiger partial charge in [0.05, 0.1) is 11.4 Å². The van der Waals surface area contributed by atoms with Crippen molar-refractivity contribution in [2.24, 2.45) is 0 Å². The first-order valence-corrected chi connectivity index (χ1v) is 6.84. The molecule has 0 bridgehead atoms. The molecule has 96 valence electrons. The Bertz CT molecular complexity index is 517. The highest BCUT2D eigenvalue weighted by Gasteiger charge is 2.15. The number of halogens is 3. The summed E-state index contributed by atoms with van der Waals surface area (Å²) in [5.41, 5.74) is -0.390. The van der Waals surface area contributed by atoms with Crippen LogP contribution in [-0.4, -0.2) is 26.5 Å². The molecule has 1 atom stereocenters. The zero-order valence-corrected chi connectivity index (χ0v) is 10.1. The third-order valence-corrected chi connectivity index (χ3v) is 3.05. The summed E-state index contributed by atoms with van der Waals surface area (Å²) < 4.78 is 60.8. The molecule has 1 rings (SSSR count). The quantitative estimate of drug-likeness (QED) is 0.848. The molecule has 0 aliphatic carbocycles. The van der Waals surface area contributed by atoms with Gasteiger partial charge in [0.1, 0.15) is 15.7 Å². The fourth-order valence-electron chi connectivity index (χ4n) is 1.42. The lowest BCUT2D eigenvalue weighted by atomic mass is 10.2. The first-order chi connectivity index (χ1) is 7.69. The molecule has 1 unspecified atom stereocenters. The summed E-state index contributed by atoms with van der Waals surface area (Å²) in [4.78, 5) is 0. The second kappa shape index (κ2) is 4.95. The van der Waals surface area contributed by atoms with Gasteiger partial charge >= 0.3 is 0 Å². The van der Waals surface area contributed by atoms with E-state index in [9.17, 15) is 21.6 Å². The van der Waals surface area contributed by atoms with Crippen molar-refractivity contribution in [2.75, 3.05) is 17.3 Å². The summed E-state index contributed by atoms with van der Waals surface area (Å²) in [5.74, 6) is -3.74. The van der Waals surface area contributed by atoms with Crippen LogP contribution in [0.1, 0.15) is 6.92 Å². The molecule has 0 fully saturated rings. The van der Waals surface area contributed by atoms with Gasteiger partial charge in [0.2, 0.25) is 0 Å². The Labute approximate surface area is 97.6 Å². The van der Waals surface area contributed by atoms with Gasteiger partial charge in [-0.05, 0) is 6.92 Å². The smallest absolute Gasteiger partial charge is 0.182 e. The summed E-state index contributed by atoms with van der Waals surface area (Å²) in [7, 11) is -3.25. The van der Waals surface area contributed by atoms with Crippen LogP contribution < -0.4 is 5.32 Å². The molecule has 0 aromatic heterocycles. The maximum atomic E-state index is 13.2. The van der Waals surface area contributed by atoms with E-state index in [2.05, 4.69) is 5.32 Å². The van der Waals surface area contributed by atoms with E-state index in [-0.39, 0.29) is 5.75 Å². The molecule has 0 saturated heterocycles. The molecule has 0 heterocycles. The second-order valence-electron chi connectivity index (χ2n) is 3.89. The van der Waals surface area contributed by atoms with Crippen molar-refractivity contribution < 1.29 is 21.6 Å². The van der Waals surface area contributed by atoms with Crippen LogP contribution in [0, 0.1) is 17.5 Å². The van der Waals surface area contributed by atoms with Gasteiger partial charge in [-0.1, -0.05) is 0 Å². The zero-order chi connectivity index (χ0) is 13.2. The van der Waals surface area contributed by atoms with E-state index in [0.717, 1.165) is 12.3 Å². The molecular formula is C10H12F3NO2S. The summed E-state index contributed by atoms with van der Waals surface area (Å²) in [6.07, 6.45) is 1.02. The van der Waals surface area contributed by atoms with Crippen LogP contribution in [0.4, 0.5) is 18.9 Å². The largest absolute Gasteiger partial charge is 0.379 e. The highest BCUT2D eigenvalue weighted by atomic mass is 32.2. The Morgan fingerprint density at radius 1 is 1.29 bits per heavy atom. The lowest BCUT2D eigenvalue weighted by Crippen LogP contribution is -2.25. The molecule has 0 aliphatic heterocycles. The van der Waals surface area contributed by atoms with Gasteiger partial charge in [-0.25, -0.2) is 21.6 Å².